The molecule has 1 unspecified atom stereocenters. The molecular formula is C19H15Cl2NO4. The van der Waals surface area contributed by atoms with Gasteiger partial charge < -0.3 is 14.2 Å². The van der Waals surface area contributed by atoms with Crippen molar-refractivity contribution in [2.75, 3.05) is 13.2 Å². The predicted molar refractivity (Wildman–Crippen MR) is 97.1 cm³/mol. The summed E-state index contributed by atoms with van der Waals surface area (Å²) < 4.78 is 16.6. The number of nitrogens with zero attached hydrogens (tertiary/aromatic N) is 1. The van der Waals surface area contributed by atoms with Gasteiger partial charge in [0, 0.05) is 11.1 Å². The maximum atomic E-state index is 12.6. The zero-order valence-corrected chi connectivity index (χ0v) is 15.4. The lowest BCUT2D eigenvalue weighted by atomic mass is 9.97. The summed E-state index contributed by atoms with van der Waals surface area (Å²) in [4.78, 5) is 12.6. The lowest BCUT2D eigenvalue weighted by Gasteiger charge is -2.24. The van der Waals surface area contributed by atoms with Crippen molar-refractivity contribution in [1.29, 1.82) is 5.26 Å². The average molecular weight is 392 g/mol. The van der Waals surface area contributed by atoms with Gasteiger partial charge >= 0.3 is 5.97 Å². The van der Waals surface area contributed by atoms with Gasteiger partial charge in [-0.25, -0.2) is 0 Å². The van der Waals surface area contributed by atoms with Gasteiger partial charge in [0.15, 0.2) is 11.5 Å². The van der Waals surface area contributed by atoms with Crippen molar-refractivity contribution in [3.63, 3.8) is 0 Å². The van der Waals surface area contributed by atoms with E-state index in [-0.39, 0.29) is 23.1 Å². The quantitative estimate of drug-likeness (QED) is 0.569. The third kappa shape index (κ3) is 3.87. The van der Waals surface area contributed by atoms with Crippen molar-refractivity contribution in [3.05, 3.63) is 51.5 Å². The van der Waals surface area contributed by atoms with Crippen molar-refractivity contribution < 1.29 is 19.0 Å². The predicted octanol–water partition coefficient (Wildman–Crippen LogP) is 4.42. The van der Waals surface area contributed by atoms with Gasteiger partial charge in [0.05, 0.1) is 29.2 Å². The van der Waals surface area contributed by atoms with Crippen LogP contribution in [0.25, 0.3) is 0 Å². The van der Waals surface area contributed by atoms with Crippen LogP contribution in [0.4, 0.5) is 0 Å². The van der Waals surface area contributed by atoms with Gasteiger partial charge in [-0.05, 0) is 43.2 Å². The van der Waals surface area contributed by atoms with Crippen LogP contribution in [0.1, 0.15) is 18.1 Å². The Balaban J connectivity index is 1.81. The molecule has 7 heteroatoms. The lowest BCUT2D eigenvalue weighted by molar-refractivity contribution is -0.140. The van der Waals surface area contributed by atoms with Crippen molar-refractivity contribution in [3.8, 4) is 23.3 Å². The fourth-order valence-electron chi connectivity index (χ4n) is 2.69. The van der Waals surface area contributed by atoms with E-state index >= 15 is 0 Å². The third-order valence-electron chi connectivity index (χ3n) is 3.90. The van der Waals surface area contributed by atoms with Gasteiger partial charge in [-0.3, -0.25) is 4.79 Å². The molecule has 0 saturated heterocycles. The minimum absolute atomic E-state index is 0.106. The summed E-state index contributed by atoms with van der Waals surface area (Å²) in [5.74, 6) is 0.0923. The molecule has 0 bridgehead atoms. The Hall–Kier alpha value is -2.42. The second kappa shape index (κ2) is 7.86. The molecule has 1 aliphatic heterocycles. The zero-order chi connectivity index (χ0) is 18.7. The molecule has 134 valence electrons. The molecule has 5 nitrogen and oxygen atoms in total. The number of benzene rings is 2. The first-order valence-corrected chi connectivity index (χ1v) is 8.76. The Labute approximate surface area is 161 Å². The molecular weight excluding hydrogens is 377 g/mol. The summed E-state index contributed by atoms with van der Waals surface area (Å²) in [5.41, 5.74) is 1.17. The molecule has 0 radical (unpaired) electrons. The molecule has 0 aliphatic carbocycles. The summed E-state index contributed by atoms with van der Waals surface area (Å²) in [7, 11) is 0. The van der Waals surface area contributed by atoms with Crippen LogP contribution in [0.2, 0.25) is 10.0 Å². The van der Waals surface area contributed by atoms with E-state index in [9.17, 15) is 4.79 Å². The molecule has 1 heterocycles. The molecule has 0 amide bonds. The van der Waals surface area contributed by atoms with E-state index in [0.29, 0.717) is 29.4 Å². The largest absolute Gasteiger partial charge is 0.492 e. The number of esters is 1. The first-order valence-electron chi connectivity index (χ1n) is 8.01. The number of hydrogen-bond donors (Lipinski definition) is 0. The van der Waals surface area contributed by atoms with Gasteiger partial charge in [-0.1, -0.05) is 23.2 Å². The number of carbonyl (C=O) groups is 1. The summed E-state index contributed by atoms with van der Waals surface area (Å²) in [6, 6.07) is 10.2. The number of rotatable bonds is 4. The van der Waals surface area contributed by atoms with Gasteiger partial charge in [0.2, 0.25) is 0 Å². The molecule has 3 rings (SSSR count). The Morgan fingerprint density at radius 2 is 2.15 bits per heavy atom. The van der Waals surface area contributed by atoms with Crippen molar-refractivity contribution in [2.24, 2.45) is 5.92 Å². The van der Waals surface area contributed by atoms with Crippen LogP contribution in [0.3, 0.4) is 0 Å². The fraction of sp³-hybridized carbons (Fsp3) is 0.263. The van der Waals surface area contributed by atoms with Crippen LogP contribution in [-0.2, 0) is 11.2 Å². The fourth-order valence-corrected chi connectivity index (χ4v) is 3.14. The highest BCUT2D eigenvalue weighted by molar-refractivity contribution is 6.32. The molecule has 0 N–H and O–H groups in total. The Bertz CT molecular complexity index is 892. The minimum atomic E-state index is -0.498. The second-order valence-corrected chi connectivity index (χ2v) is 6.56. The summed E-state index contributed by atoms with van der Waals surface area (Å²) in [6.07, 6.45) is 0.451. The van der Waals surface area contributed by atoms with Crippen molar-refractivity contribution >= 4 is 29.2 Å². The van der Waals surface area contributed by atoms with Crippen LogP contribution in [-0.4, -0.2) is 19.2 Å². The second-order valence-electron chi connectivity index (χ2n) is 5.72. The van der Waals surface area contributed by atoms with E-state index in [2.05, 4.69) is 0 Å². The smallest absolute Gasteiger partial charge is 0.318 e. The molecule has 2 aromatic rings. The highest BCUT2D eigenvalue weighted by atomic mass is 35.5. The lowest BCUT2D eigenvalue weighted by Crippen LogP contribution is -2.31. The normalized spacial score (nSPS) is 15.4. The zero-order valence-electron chi connectivity index (χ0n) is 13.9. The number of fused-ring (bicyclic) bond motifs is 1. The number of carbonyl (C=O) groups excluding carboxylic acids is 1. The topological polar surface area (TPSA) is 68.5 Å². The SMILES string of the molecule is CCOc1cc(C#N)cc(Cl)c1OC(=O)C1COc2ccc(Cl)cc2C1. The van der Waals surface area contributed by atoms with Gasteiger partial charge in [0.1, 0.15) is 12.4 Å². The summed E-state index contributed by atoms with van der Waals surface area (Å²) in [5, 5.41) is 9.77. The van der Waals surface area contributed by atoms with Crippen molar-refractivity contribution in [2.45, 2.75) is 13.3 Å². The monoisotopic (exact) mass is 391 g/mol. The molecule has 0 spiro atoms. The Morgan fingerprint density at radius 1 is 1.35 bits per heavy atom. The van der Waals surface area contributed by atoms with Crippen LogP contribution >= 0.6 is 23.2 Å². The molecule has 0 saturated carbocycles. The number of nitriles is 1. The molecule has 26 heavy (non-hydrogen) atoms. The van der Waals surface area contributed by atoms with Gasteiger partial charge in [0.25, 0.3) is 0 Å². The average Bonchev–Trinajstić information content (AvgIpc) is 2.63. The van der Waals surface area contributed by atoms with Crippen LogP contribution in [0.5, 0.6) is 17.2 Å². The van der Waals surface area contributed by atoms with E-state index in [1.54, 1.807) is 25.1 Å². The van der Waals surface area contributed by atoms with E-state index < -0.39 is 11.9 Å². The first kappa shape index (κ1) is 18.4. The third-order valence-corrected chi connectivity index (χ3v) is 4.42. The molecule has 0 aromatic heterocycles. The standard InChI is InChI=1S/C19H15Cl2NO4/c1-2-24-17-6-11(9-22)5-15(21)18(17)26-19(23)13-7-12-8-14(20)3-4-16(12)25-10-13/h3-6,8,13H,2,7,10H2,1H3. The maximum Gasteiger partial charge on any atom is 0.318 e. The van der Waals surface area contributed by atoms with Crippen LogP contribution in [0.15, 0.2) is 30.3 Å². The highest BCUT2D eigenvalue weighted by Gasteiger charge is 2.29. The Kier molecular flexibility index (Phi) is 5.55. The number of halogens is 2. The van der Waals surface area contributed by atoms with E-state index in [1.807, 2.05) is 6.07 Å². The van der Waals surface area contributed by atoms with Crippen LogP contribution in [0, 0.1) is 17.2 Å². The van der Waals surface area contributed by atoms with Gasteiger partial charge in [-0.15, -0.1) is 0 Å². The van der Waals surface area contributed by atoms with E-state index in [1.165, 1.54) is 12.1 Å². The number of hydrogen-bond acceptors (Lipinski definition) is 5. The van der Waals surface area contributed by atoms with Gasteiger partial charge in [-0.2, -0.15) is 5.26 Å². The maximum absolute atomic E-state index is 12.6. The minimum Gasteiger partial charge on any atom is -0.492 e. The summed E-state index contributed by atoms with van der Waals surface area (Å²) >= 11 is 12.2. The highest BCUT2D eigenvalue weighted by Crippen LogP contribution is 2.38. The van der Waals surface area contributed by atoms with Crippen LogP contribution < -0.4 is 14.2 Å². The van der Waals surface area contributed by atoms with E-state index in [0.717, 1.165) is 5.56 Å². The number of ether oxygens (including phenoxy) is 3. The Morgan fingerprint density at radius 3 is 2.88 bits per heavy atom. The molecule has 2 aromatic carbocycles. The van der Waals surface area contributed by atoms with Crippen molar-refractivity contribution in [1.82, 2.24) is 0 Å². The first-order chi connectivity index (χ1) is 12.5. The molecule has 1 atom stereocenters. The summed E-state index contributed by atoms with van der Waals surface area (Å²) in [6.45, 7) is 2.33. The molecule has 1 aliphatic rings. The van der Waals surface area contributed by atoms with E-state index in [4.69, 9.17) is 42.7 Å². The molecule has 0 fully saturated rings.